The molecule has 0 radical (unpaired) electrons. The van der Waals surface area contributed by atoms with Crippen molar-refractivity contribution < 1.29 is 22.3 Å². The second-order valence-electron chi connectivity index (χ2n) is 6.40. The summed E-state index contributed by atoms with van der Waals surface area (Å²) in [4.78, 5) is 12.0. The molecule has 158 valence electrons. The van der Waals surface area contributed by atoms with Crippen LogP contribution in [0.4, 0.5) is 14.9 Å². The number of sulfonamides is 1. The Bertz CT molecular complexity index is 921. The standard InChI is InChI=1S/C20H26FN3O4S/c1-3-29(26,27)24(2)12-6-11-22-20(25)23-18-9-5-10-19(14-18)28-15-16-7-4-8-17(21)13-16/h4-5,7-10,13-14H,3,6,11-12,15H2,1-2H3,(H2,22,23,25). The van der Waals surface area contributed by atoms with E-state index in [0.29, 0.717) is 36.5 Å². The molecule has 0 aliphatic rings. The van der Waals surface area contributed by atoms with E-state index >= 15 is 0 Å². The lowest BCUT2D eigenvalue weighted by atomic mass is 10.2. The number of hydrogen-bond donors (Lipinski definition) is 2. The summed E-state index contributed by atoms with van der Waals surface area (Å²) < 4.78 is 43.4. The third-order valence-electron chi connectivity index (χ3n) is 4.16. The number of nitrogens with one attached hydrogen (secondary N) is 2. The Kier molecular flexibility index (Phi) is 8.41. The molecule has 0 atom stereocenters. The molecule has 0 fully saturated rings. The fourth-order valence-electron chi connectivity index (χ4n) is 2.50. The van der Waals surface area contributed by atoms with Gasteiger partial charge in [-0.15, -0.1) is 0 Å². The Hall–Kier alpha value is -2.65. The molecule has 29 heavy (non-hydrogen) atoms. The first-order valence-corrected chi connectivity index (χ1v) is 10.9. The van der Waals surface area contributed by atoms with Crippen LogP contribution in [0.3, 0.4) is 0 Å². The van der Waals surface area contributed by atoms with Crippen LogP contribution < -0.4 is 15.4 Å². The molecule has 2 aromatic carbocycles. The SMILES string of the molecule is CCS(=O)(=O)N(C)CCCNC(=O)Nc1cccc(OCc2cccc(F)c2)c1. The van der Waals surface area contributed by atoms with Crippen molar-refractivity contribution in [3.05, 3.63) is 59.9 Å². The van der Waals surface area contributed by atoms with Gasteiger partial charge in [0, 0.05) is 31.9 Å². The number of rotatable bonds is 10. The topological polar surface area (TPSA) is 87.7 Å². The smallest absolute Gasteiger partial charge is 0.319 e. The molecule has 0 aliphatic heterocycles. The van der Waals surface area contributed by atoms with Gasteiger partial charge in [-0.25, -0.2) is 21.9 Å². The molecule has 0 heterocycles. The van der Waals surface area contributed by atoms with Crippen LogP contribution in [-0.2, 0) is 16.6 Å². The molecule has 0 aliphatic carbocycles. The van der Waals surface area contributed by atoms with Crippen molar-refractivity contribution in [2.24, 2.45) is 0 Å². The number of hydrogen-bond acceptors (Lipinski definition) is 4. The van der Waals surface area contributed by atoms with E-state index in [1.807, 2.05) is 0 Å². The van der Waals surface area contributed by atoms with E-state index in [1.54, 1.807) is 43.3 Å². The van der Waals surface area contributed by atoms with Gasteiger partial charge in [0.25, 0.3) is 0 Å². The Labute approximate surface area is 170 Å². The number of amides is 2. The van der Waals surface area contributed by atoms with Crippen LogP contribution in [0, 0.1) is 5.82 Å². The van der Waals surface area contributed by atoms with Crippen molar-refractivity contribution >= 4 is 21.7 Å². The van der Waals surface area contributed by atoms with Gasteiger partial charge in [-0.05, 0) is 43.2 Å². The molecule has 7 nitrogen and oxygen atoms in total. The molecule has 2 amide bonds. The Balaban J connectivity index is 1.77. The van der Waals surface area contributed by atoms with Gasteiger partial charge in [0.1, 0.15) is 18.2 Å². The molecule has 0 saturated carbocycles. The minimum Gasteiger partial charge on any atom is -0.489 e. The van der Waals surface area contributed by atoms with E-state index in [0.717, 1.165) is 0 Å². The summed E-state index contributed by atoms with van der Waals surface area (Å²) in [5, 5.41) is 5.38. The number of carbonyl (C=O) groups is 1. The number of benzene rings is 2. The summed E-state index contributed by atoms with van der Waals surface area (Å²) in [6.07, 6.45) is 0.500. The Morgan fingerprint density at radius 1 is 1.17 bits per heavy atom. The summed E-state index contributed by atoms with van der Waals surface area (Å²) in [5.74, 6) is 0.268. The van der Waals surface area contributed by atoms with Crippen molar-refractivity contribution in [2.75, 3.05) is 31.2 Å². The minimum absolute atomic E-state index is 0.0506. The van der Waals surface area contributed by atoms with Gasteiger partial charge in [0.15, 0.2) is 0 Å². The largest absolute Gasteiger partial charge is 0.489 e. The lowest BCUT2D eigenvalue weighted by molar-refractivity contribution is 0.251. The van der Waals surface area contributed by atoms with E-state index in [-0.39, 0.29) is 18.2 Å². The monoisotopic (exact) mass is 423 g/mol. The quantitative estimate of drug-likeness (QED) is 0.575. The minimum atomic E-state index is -3.21. The van der Waals surface area contributed by atoms with E-state index in [1.165, 1.54) is 23.5 Å². The molecule has 9 heteroatoms. The summed E-state index contributed by atoms with van der Waals surface area (Å²) in [6.45, 7) is 2.47. The van der Waals surface area contributed by atoms with E-state index in [4.69, 9.17) is 4.74 Å². The van der Waals surface area contributed by atoms with Gasteiger partial charge < -0.3 is 15.4 Å². The zero-order chi connectivity index (χ0) is 21.3. The number of anilines is 1. The molecule has 2 N–H and O–H groups in total. The number of urea groups is 1. The second-order valence-corrected chi connectivity index (χ2v) is 8.77. The highest BCUT2D eigenvalue weighted by Crippen LogP contribution is 2.18. The van der Waals surface area contributed by atoms with Crippen molar-refractivity contribution in [3.8, 4) is 5.75 Å². The van der Waals surface area contributed by atoms with E-state index < -0.39 is 16.1 Å². The van der Waals surface area contributed by atoms with Gasteiger partial charge in [-0.1, -0.05) is 18.2 Å². The van der Waals surface area contributed by atoms with Crippen LogP contribution in [0.25, 0.3) is 0 Å². The molecular formula is C20H26FN3O4S. The first-order valence-electron chi connectivity index (χ1n) is 9.26. The predicted molar refractivity (Wildman–Crippen MR) is 111 cm³/mol. The number of carbonyl (C=O) groups excluding carboxylic acids is 1. The Morgan fingerprint density at radius 3 is 2.66 bits per heavy atom. The summed E-state index contributed by atoms with van der Waals surface area (Å²) in [6, 6.07) is 12.6. The maximum atomic E-state index is 13.2. The highest BCUT2D eigenvalue weighted by Gasteiger charge is 2.14. The molecule has 0 bridgehead atoms. The molecule has 0 spiro atoms. The maximum absolute atomic E-state index is 13.2. The fourth-order valence-corrected chi connectivity index (χ4v) is 3.34. The first kappa shape index (κ1) is 22.6. The highest BCUT2D eigenvalue weighted by atomic mass is 32.2. The van der Waals surface area contributed by atoms with Crippen molar-refractivity contribution in [3.63, 3.8) is 0 Å². The second kappa shape index (κ2) is 10.8. The van der Waals surface area contributed by atoms with Crippen LogP contribution in [-0.4, -0.2) is 44.6 Å². The van der Waals surface area contributed by atoms with Gasteiger partial charge in [0.2, 0.25) is 10.0 Å². The van der Waals surface area contributed by atoms with Gasteiger partial charge >= 0.3 is 6.03 Å². The van der Waals surface area contributed by atoms with Crippen LogP contribution in [0.1, 0.15) is 18.9 Å². The zero-order valence-corrected chi connectivity index (χ0v) is 17.3. The Morgan fingerprint density at radius 2 is 1.93 bits per heavy atom. The lowest BCUT2D eigenvalue weighted by Crippen LogP contribution is -2.34. The average molecular weight is 424 g/mol. The van der Waals surface area contributed by atoms with Crippen molar-refractivity contribution in [2.45, 2.75) is 20.0 Å². The molecule has 0 saturated heterocycles. The van der Waals surface area contributed by atoms with Crippen molar-refractivity contribution in [1.29, 1.82) is 0 Å². The van der Waals surface area contributed by atoms with Crippen molar-refractivity contribution in [1.82, 2.24) is 9.62 Å². The molecule has 0 unspecified atom stereocenters. The van der Waals surface area contributed by atoms with Crippen LogP contribution in [0.2, 0.25) is 0 Å². The summed E-state index contributed by atoms with van der Waals surface area (Å²) in [7, 11) is -1.69. The fraction of sp³-hybridized carbons (Fsp3) is 0.350. The highest BCUT2D eigenvalue weighted by molar-refractivity contribution is 7.89. The molecule has 2 aromatic rings. The van der Waals surface area contributed by atoms with Gasteiger partial charge in [-0.3, -0.25) is 0 Å². The number of ether oxygens (including phenoxy) is 1. The zero-order valence-electron chi connectivity index (χ0n) is 16.5. The molecule has 2 rings (SSSR count). The lowest BCUT2D eigenvalue weighted by Gasteiger charge is -2.16. The molecular weight excluding hydrogens is 397 g/mol. The third-order valence-corrected chi connectivity index (χ3v) is 6.02. The summed E-state index contributed by atoms with van der Waals surface area (Å²) in [5.41, 5.74) is 1.25. The predicted octanol–water partition coefficient (Wildman–Crippen LogP) is 3.20. The van der Waals surface area contributed by atoms with E-state index in [9.17, 15) is 17.6 Å². The maximum Gasteiger partial charge on any atom is 0.319 e. The van der Waals surface area contributed by atoms with Crippen LogP contribution in [0.5, 0.6) is 5.75 Å². The normalized spacial score (nSPS) is 11.3. The first-order chi connectivity index (χ1) is 13.8. The average Bonchev–Trinajstić information content (AvgIpc) is 2.70. The van der Waals surface area contributed by atoms with Crippen LogP contribution >= 0.6 is 0 Å². The third kappa shape index (κ3) is 7.71. The van der Waals surface area contributed by atoms with E-state index in [2.05, 4.69) is 10.6 Å². The number of halogens is 1. The van der Waals surface area contributed by atoms with Gasteiger partial charge in [0.05, 0.1) is 5.75 Å². The summed E-state index contributed by atoms with van der Waals surface area (Å²) >= 11 is 0. The molecule has 0 aromatic heterocycles. The van der Waals surface area contributed by atoms with Gasteiger partial charge in [-0.2, -0.15) is 0 Å². The number of nitrogens with zero attached hydrogens (tertiary/aromatic N) is 1. The van der Waals surface area contributed by atoms with Crippen LogP contribution in [0.15, 0.2) is 48.5 Å².